The van der Waals surface area contributed by atoms with Gasteiger partial charge in [-0.25, -0.2) is 0 Å². The van der Waals surface area contributed by atoms with Gasteiger partial charge >= 0.3 is 0 Å². The van der Waals surface area contributed by atoms with Crippen LogP contribution in [-0.2, 0) is 0 Å². The number of nitrogens with zero attached hydrogens (tertiary/aromatic N) is 3. The molecule has 1 N–H and O–H groups in total. The van der Waals surface area contributed by atoms with Crippen molar-refractivity contribution in [2.75, 3.05) is 32.4 Å². The van der Waals surface area contributed by atoms with Gasteiger partial charge in [0.25, 0.3) is 0 Å². The maximum Gasteiger partial charge on any atom is 0.200 e. The van der Waals surface area contributed by atoms with E-state index in [1.807, 2.05) is 0 Å². The van der Waals surface area contributed by atoms with Gasteiger partial charge in [0.1, 0.15) is 0 Å². The number of hydrogen-bond acceptors (Lipinski definition) is 5. The van der Waals surface area contributed by atoms with Crippen molar-refractivity contribution < 1.29 is 0 Å². The Morgan fingerprint density at radius 3 is 3.08 bits per heavy atom. The second-order valence-electron chi connectivity index (χ2n) is 2.65. The zero-order valence-electron chi connectivity index (χ0n) is 7.08. The number of guanidine groups is 1. The average Bonchev–Trinajstić information content (AvgIpc) is 2.46. The molecule has 0 aromatic rings. The highest BCUT2D eigenvalue weighted by Crippen LogP contribution is 2.10. The van der Waals surface area contributed by atoms with Gasteiger partial charge in [0, 0.05) is 13.1 Å². The summed E-state index contributed by atoms with van der Waals surface area (Å²) >= 11 is 1.69. The zero-order chi connectivity index (χ0) is 8.39. The SMILES string of the molecule is CSC1=NCCN=C2NCCN21. The van der Waals surface area contributed by atoms with E-state index in [1.165, 1.54) is 0 Å². The molecule has 1 saturated heterocycles. The molecule has 1 fully saturated rings. The Kier molecular flexibility index (Phi) is 2.21. The van der Waals surface area contributed by atoms with Gasteiger partial charge in [-0.15, -0.1) is 0 Å². The lowest BCUT2D eigenvalue weighted by atomic mass is 10.6. The number of thioether (sulfide) groups is 1. The number of rotatable bonds is 0. The molecule has 0 aliphatic carbocycles. The molecule has 2 heterocycles. The second-order valence-corrected chi connectivity index (χ2v) is 3.43. The number of aliphatic imine (C=N–C) groups is 2. The van der Waals surface area contributed by atoms with Gasteiger partial charge in [-0.05, 0) is 6.26 Å². The lowest BCUT2D eigenvalue weighted by molar-refractivity contribution is 0.688. The van der Waals surface area contributed by atoms with Crippen LogP contribution in [0.15, 0.2) is 9.98 Å². The van der Waals surface area contributed by atoms with Crippen molar-refractivity contribution in [3.8, 4) is 0 Å². The predicted octanol–water partition coefficient (Wildman–Crippen LogP) is -0.0198. The number of hydrogen-bond donors (Lipinski definition) is 1. The van der Waals surface area contributed by atoms with Crippen LogP contribution in [0.1, 0.15) is 0 Å². The van der Waals surface area contributed by atoms with Crippen LogP contribution in [0.25, 0.3) is 0 Å². The molecule has 0 amide bonds. The van der Waals surface area contributed by atoms with E-state index in [1.54, 1.807) is 11.8 Å². The quantitative estimate of drug-likeness (QED) is 0.575. The smallest absolute Gasteiger partial charge is 0.200 e. The lowest BCUT2D eigenvalue weighted by Gasteiger charge is -2.15. The monoisotopic (exact) mass is 184 g/mol. The summed E-state index contributed by atoms with van der Waals surface area (Å²) in [6.45, 7) is 3.61. The summed E-state index contributed by atoms with van der Waals surface area (Å²) in [5, 5.41) is 4.34. The van der Waals surface area contributed by atoms with Gasteiger partial charge < -0.3 is 5.32 Å². The van der Waals surface area contributed by atoms with Gasteiger partial charge in [0.15, 0.2) is 11.1 Å². The third kappa shape index (κ3) is 1.29. The molecule has 0 radical (unpaired) electrons. The summed E-state index contributed by atoms with van der Waals surface area (Å²) in [7, 11) is 0. The standard InChI is InChI=1S/C7H12N4S/c1-12-7-10-3-2-8-6-9-4-5-11(6)7/h2-5H2,1H3,(H,8,9). The molecular formula is C7H12N4S. The van der Waals surface area contributed by atoms with Crippen LogP contribution in [0, 0.1) is 0 Å². The first kappa shape index (κ1) is 7.91. The molecule has 12 heavy (non-hydrogen) atoms. The van der Waals surface area contributed by atoms with E-state index >= 15 is 0 Å². The fraction of sp³-hybridized carbons (Fsp3) is 0.714. The van der Waals surface area contributed by atoms with Crippen molar-refractivity contribution in [3.05, 3.63) is 0 Å². The summed E-state index contributed by atoms with van der Waals surface area (Å²) in [4.78, 5) is 11.0. The van der Waals surface area contributed by atoms with Gasteiger partial charge in [0.05, 0.1) is 13.1 Å². The summed E-state index contributed by atoms with van der Waals surface area (Å²) < 4.78 is 0. The maximum atomic E-state index is 4.44. The first-order valence-electron chi connectivity index (χ1n) is 4.06. The third-order valence-electron chi connectivity index (χ3n) is 1.90. The van der Waals surface area contributed by atoms with E-state index in [9.17, 15) is 0 Å². The highest BCUT2D eigenvalue weighted by atomic mass is 32.2. The van der Waals surface area contributed by atoms with E-state index in [0.717, 1.165) is 37.3 Å². The number of nitrogens with one attached hydrogen (secondary N) is 1. The van der Waals surface area contributed by atoms with Crippen LogP contribution in [0.5, 0.6) is 0 Å². The van der Waals surface area contributed by atoms with Crippen LogP contribution >= 0.6 is 11.8 Å². The molecule has 2 aliphatic heterocycles. The van der Waals surface area contributed by atoms with Crippen molar-refractivity contribution in [1.82, 2.24) is 10.2 Å². The Morgan fingerprint density at radius 2 is 2.25 bits per heavy atom. The van der Waals surface area contributed by atoms with Gasteiger partial charge in [0.2, 0.25) is 0 Å². The first-order valence-corrected chi connectivity index (χ1v) is 5.28. The van der Waals surface area contributed by atoms with E-state index in [2.05, 4.69) is 26.5 Å². The minimum absolute atomic E-state index is 0.808. The molecule has 0 spiro atoms. The van der Waals surface area contributed by atoms with Gasteiger partial charge in [-0.3, -0.25) is 14.9 Å². The maximum absolute atomic E-state index is 4.44. The van der Waals surface area contributed by atoms with E-state index in [0.29, 0.717) is 0 Å². The average molecular weight is 184 g/mol. The molecule has 2 rings (SSSR count). The first-order chi connectivity index (χ1) is 5.92. The summed E-state index contributed by atoms with van der Waals surface area (Å²) in [5.41, 5.74) is 0. The van der Waals surface area contributed by atoms with Crippen molar-refractivity contribution in [1.29, 1.82) is 0 Å². The summed E-state index contributed by atoms with van der Waals surface area (Å²) in [6, 6.07) is 0. The molecule has 66 valence electrons. The molecule has 0 saturated carbocycles. The molecular weight excluding hydrogens is 172 g/mol. The zero-order valence-corrected chi connectivity index (χ0v) is 7.89. The van der Waals surface area contributed by atoms with Crippen LogP contribution in [0.3, 0.4) is 0 Å². The highest BCUT2D eigenvalue weighted by molar-refractivity contribution is 8.13. The summed E-state index contributed by atoms with van der Waals surface area (Å²) in [5.74, 6) is 1.00. The van der Waals surface area contributed by atoms with E-state index in [4.69, 9.17) is 0 Å². The Labute approximate surface area is 76.1 Å². The Balaban J connectivity index is 2.23. The van der Waals surface area contributed by atoms with E-state index in [-0.39, 0.29) is 0 Å². The minimum atomic E-state index is 0.808. The highest BCUT2D eigenvalue weighted by Gasteiger charge is 2.23. The second kappa shape index (κ2) is 3.35. The van der Waals surface area contributed by atoms with E-state index < -0.39 is 0 Å². The Hall–Kier alpha value is -0.710. The van der Waals surface area contributed by atoms with Crippen molar-refractivity contribution >= 4 is 22.9 Å². The predicted molar refractivity (Wildman–Crippen MR) is 52.8 cm³/mol. The molecule has 0 atom stereocenters. The fourth-order valence-corrected chi connectivity index (χ4v) is 1.99. The molecule has 0 aromatic heterocycles. The topological polar surface area (TPSA) is 40.0 Å². The van der Waals surface area contributed by atoms with Crippen LogP contribution in [0.4, 0.5) is 0 Å². The Bertz CT molecular complexity index is 236. The number of fused-ring (bicyclic) bond motifs is 1. The fourth-order valence-electron chi connectivity index (χ4n) is 1.37. The number of amidine groups is 1. The van der Waals surface area contributed by atoms with Crippen LogP contribution < -0.4 is 5.32 Å². The third-order valence-corrected chi connectivity index (χ3v) is 2.61. The molecule has 5 heteroatoms. The van der Waals surface area contributed by atoms with Crippen molar-refractivity contribution in [2.45, 2.75) is 0 Å². The summed E-state index contributed by atoms with van der Waals surface area (Å²) in [6.07, 6.45) is 2.06. The lowest BCUT2D eigenvalue weighted by Crippen LogP contribution is -2.33. The molecule has 0 bridgehead atoms. The van der Waals surface area contributed by atoms with Gasteiger partial charge in [-0.1, -0.05) is 11.8 Å². The normalized spacial score (nSPS) is 22.2. The Morgan fingerprint density at radius 1 is 1.42 bits per heavy atom. The molecule has 4 nitrogen and oxygen atoms in total. The molecule has 0 aromatic carbocycles. The molecule has 2 aliphatic rings. The van der Waals surface area contributed by atoms with Crippen LogP contribution in [0.2, 0.25) is 0 Å². The van der Waals surface area contributed by atoms with Gasteiger partial charge in [-0.2, -0.15) is 0 Å². The largest absolute Gasteiger partial charge is 0.354 e. The van der Waals surface area contributed by atoms with Crippen molar-refractivity contribution in [3.63, 3.8) is 0 Å². The van der Waals surface area contributed by atoms with Crippen LogP contribution in [-0.4, -0.2) is 48.5 Å². The minimum Gasteiger partial charge on any atom is -0.354 e. The van der Waals surface area contributed by atoms with Crippen molar-refractivity contribution in [2.24, 2.45) is 9.98 Å². The molecule has 0 unspecified atom stereocenters.